The maximum atomic E-state index is 11.1. The second-order valence-corrected chi connectivity index (χ2v) is 10.5. The van der Waals surface area contributed by atoms with E-state index in [0.29, 0.717) is 11.8 Å². The van der Waals surface area contributed by atoms with Crippen molar-refractivity contribution in [1.29, 1.82) is 0 Å². The third kappa shape index (κ3) is 8.64. The predicted octanol–water partition coefficient (Wildman–Crippen LogP) is 4.99. The van der Waals surface area contributed by atoms with Crippen molar-refractivity contribution in [3.63, 3.8) is 0 Å². The van der Waals surface area contributed by atoms with Gasteiger partial charge in [0, 0.05) is 11.3 Å². The molecule has 2 saturated heterocycles. The van der Waals surface area contributed by atoms with Crippen molar-refractivity contribution in [2.24, 2.45) is 5.92 Å². The number of carboxylic acids is 2. The lowest BCUT2D eigenvalue weighted by Gasteiger charge is -2.30. The van der Waals surface area contributed by atoms with E-state index in [1.807, 2.05) is 11.0 Å². The normalized spacial score (nSPS) is 17.4. The van der Waals surface area contributed by atoms with Crippen LogP contribution in [0.5, 0.6) is 0 Å². The summed E-state index contributed by atoms with van der Waals surface area (Å²) in [6.07, 6.45) is 3.87. The van der Waals surface area contributed by atoms with Crippen LogP contribution in [-0.2, 0) is 16.1 Å². The van der Waals surface area contributed by atoms with Gasteiger partial charge in [-0.2, -0.15) is 18.3 Å². The summed E-state index contributed by atoms with van der Waals surface area (Å²) in [5, 5.41) is 26.0. The summed E-state index contributed by atoms with van der Waals surface area (Å²) in [6.45, 7) is 4.69. The van der Waals surface area contributed by atoms with Crippen molar-refractivity contribution in [2.75, 3.05) is 32.7 Å². The summed E-state index contributed by atoms with van der Waals surface area (Å²) < 4.78 is 33.9. The van der Waals surface area contributed by atoms with E-state index >= 15 is 0 Å². The lowest BCUT2D eigenvalue weighted by molar-refractivity contribution is -0.192. The summed E-state index contributed by atoms with van der Waals surface area (Å²) >= 11 is 0. The SMILES string of the molecule is O=C(O)C(F)(F)F.O=C(O)CN1CCC(c2nn(Cc3ccccc3)c3cc(/C=C/C4CCNCC4)ccc23)CC1. The van der Waals surface area contributed by atoms with Crippen LogP contribution in [0.3, 0.4) is 0 Å². The first-order valence-corrected chi connectivity index (χ1v) is 13.8. The topological polar surface area (TPSA) is 108 Å². The Bertz CT molecular complexity index is 1340. The molecule has 2 aliphatic heterocycles. The Labute approximate surface area is 236 Å². The van der Waals surface area contributed by atoms with Gasteiger partial charge in [0.1, 0.15) is 0 Å². The molecular weight excluding hydrogens is 537 g/mol. The Morgan fingerprint density at radius 2 is 1.66 bits per heavy atom. The zero-order chi connectivity index (χ0) is 29.4. The van der Waals surface area contributed by atoms with E-state index in [0.717, 1.165) is 51.3 Å². The molecule has 0 bridgehead atoms. The lowest BCUT2D eigenvalue weighted by atomic mass is 9.91. The van der Waals surface area contributed by atoms with Gasteiger partial charge in [-0.05, 0) is 75.0 Å². The Morgan fingerprint density at radius 1 is 1.00 bits per heavy atom. The Morgan fingerprint density at radius 3 is 2.27 bits per heavy atom. The van der Waals surface area contributed by atoms with Crippen LogP contribution in [0.25, 0.3) is 17.0 Å². The van der Waals surface area contributed by atoms with E-state index < -0.39 is 18.1 Å². The number of fused-ring (bicyclic) bond motifs is 1. The Balaban J connectivity index is 0.000000493. The molecular formula is C30H35F3N4O4. The molecule has 0 spiro atoms. The van der Waals surface area contributed by atoms with Crippen LogP contribution in [0.2, 0.25) is 0 Å². The highest BCUT2D eigenvalue weighted by Crippen LogP contribution is 2.33. The van der Waals surface area contributed by atoms with Crippen LogP contribution in [0.1, 0.15) is 48.4 Å². The third-order valence-corrected chi connectivity index (χ3v) is 7.50. The van der Waals surface area contributed by atoms with Gasteiger partial charge in [0.25, 0.3) is 0 Å². The quantitative estimate of drug-likeness (QED) is 0.366. The fraction of sp³-hybridized carbons (Fsp3) is 0.433. The number of alkyl halides is 3. The van der Waals surface area contributed by atoms with Crippen molar-refractivity contribution in [2.45, 2.75) is 44.3 Å². The first-order chi connectivity index (χ1) is 19.6. The number of aliphatic carboxylic acids is 2. The number of nitrogens with one attached hydrogen (secondary N) is 1. The van der Waals surface area contributed by atoms with Crippen molar-refractivity contribution in [3.05, 3.63) is 71.4 Å². The molecule has 11 heteroatoms. The summed E-state index contributed by atoms with van der Waals surface area (Å²) in [6, 6.07) is 17.2. The number of benzene rings is 2. The smallest absolute Gasteiger partial charge is 0.480 e. The molecule has 0 saturated carbocycles. The highest BCUT2D eigenvalue weighted by atomic mass is 19.4. The number of aromatic nitrogens is 2. The second-order valence-electron chi connectivity index (χ2n) is 10.5. The number of hydrogen-bond donors (Lipinski definition) is 3. The van der Waals surface area contributed by atoms with Crippen LogP contribution in [-0.4, -0.2) is 75.7 Å². The molecule has 3 heterocycles. The molecule has 41 heavy (non-hydrogen) atoms. The maximum absolute atomic E-state index is 11.1. The zero-order valence-corrected chi connectivity index (χ0v) is 22.7. The van der Waals surface area contributed by atoms with Crippen molar-refractivity contribution in [3.8, 4) is 0 Å². The minimum absolute atomic E-state index is 0.128. The summed E-state index contributed by atoms with van der Waals surface area (Å²) in [4.78, 5) is 22.0. The van der Waals surface area contributed by atoms with Crippen molar-refractivity contribution in [1.82, 2.24) is 20.0 Å². The number of nitrogens with zero attached hydrogens (tertiary/aromatic N) is 3. The number of halogens is 3. The van der Waals surface area contributed by atoms with Crippen LogP contribution >= 0.6 is 0 Å². The average molecular weight is 573 g/mol. The number of carboxylic acid groups (broad SMARTS) is 2. The number of rotatable bonds is 7. The van der Waals surface area contributed by atoms with Crippen LogP contribution < -0.4 is 5.32 Å². The maximum Gasteiger partial charge on any atom is 0.490 e. The van der Waals surface area contributed by atoms with E-state index in [4.69, 9.17) is 20.1 Å². The molecule has 2 aromatic carbocycles. The van der Waals surface area contributed by atoms with E-state index in [-0.39, 0.29) is 6.54 Å². The fourth-order valence-electron chi connectivity index (χ4n) is 5.34. The molecule has 3 aromatic rings. The molecule has 220 valence electrons. The largest absolute Gasteiger partial charge is 0.490 e. The van der Waals surface area contributed by atoms with E-state index in [2.05, 4.69) is 64.6 Å². The minimum Gasteiger partial charge on any atom is -0.480 e. The van der Waals surface area contributed by atoms with Gasteiger partial charge in [-0.3, -0.25) is 14.4 Å². The molecule has 2 aliphatic rings. The molecule has 2 fully saturated rings. The second kappa shape index (κ2) is 13.8. The molecule has 3 N–H and O–H groups in total. The van der Waals surface area contributed by atoms with Gasteiger partial charge in [-0.25, -0.2) is 4.79 Å². The highest BCUT2D eigenvalue weighted by molar-refractivity contribution is 5.85. The zero-order valence-electron chi connectivity index (χ0n) is 22.7. The van der Waals surface area contributed by atoms with Gasteiger partial charge in [-0.1, -0.05) is 54.6 Å². The molecule has 0 amide bonds. The lowest BCUT2D eigenvalue weighted by Crippen LogP contribution is -2.36. The van der Waals surface area contributed by atoms with Gasteiger partial charge < -0.3 is 15.5 Å². The number of allylic oxidation sites excluding steroid dienone is 1. The number of hydrogen-bond acceptors (Lipinski definition) is 5. The Hall–Kier alpha value is -3.70. The van der Waals surface area contributed by atoms with Crippen LogP contribution in [0, 0.1) is 5.92 Å². The molecule has 1 aromatic heterocycles. The minimum atomic E-state index is -5.08. The number of piperidine rings is 2. The number of carbonyl (C=O) groups is 2. The van der Waals surface area contributed by atoms with E-state index in [1.54, 1.807) is 0 Å². The monoisotopic (exact) mass is 572 g/mol. The van der Waals surface area contributed by atoms with Gasteiger partial charge in [0.15, 0.2) is 0 Å². The van der Waals surface area contributed by atoms with Gasteiger partial charge >= 0.3 is 18.1 Å². The first kappa shape index (κ1) is 30.3. The summed E-state index contributed by atoms with van der Waals surface area (Å²) in [7, 11) is 0. The molecule has 0 radical (unpaired) electrons. The molecule has 0 unspecified atom stereocenters. The van der Waals surface area contributed by atoms with Gasteiger partial charge in [0.2, 0.25) is 0 Å². The summed E-state index contributed by atoms with van der Waals surface area (Å²) in [5.74, 6) is -2.49. The van der Waals surface area contributed by atoms with Gasteiger partial charge in [-0.15, -0.1) is 0 Å². The van der Waals surface area contributed by atoms with E-state index in [9.17, 15) is 18.0 Å². The number of likely N-dealkylation sites (tertiary alicyclic amines) is 1. The molecule has 5 rings (SSSR count). The molecule has 0 aliphatic carbocycles. The summed E-state index contributed by atoms with van der Waals surface area (Å²) in [5.41, 5.74) is 4.81. The predicted molar refractivity (Wildman–Crippen MR) is 150 cm³/mol. The van der Waals surface area contributed by atoms with Crippen molar-refractivity contribution >= 4 is 28.9 Å². The van der Waals surface area contributed by atoms with Gasteiger partial charge in [0.05, 0.1) is 24.3 Å². The standard InChI is InChI=1S/C28H34N4O2.C2HF3O2/c33-27(34)20-31-16-12-24(13-17-31)28-25-9-8-22(7-6-21-10-14-29-15-11-21)18-26(25)32(30-28)19-23-4-2-1-3-5-23;3-2(4,5)1(6)7/h1-9,18,21,24,29H,10-17,19-20H2,(H,33,34);(H,6,7)/b7-6+;. The first-order valence-electron chi connectivity index (χ1n) is 13.8. The average Bonchev–Trinajstić information content (AvgIpc) is 3.30. The Kier molecular flexibility index (Phi) is 10.2. The van der Waals surface area contributed by atoms with Crippen molar-refractivity contribution < 1.29 is 33.0 Å². The van der Waals surface area contributed by atoms with Crippen LogP contribution in [0.15, 0.2) is 54.6 Å². The molecule has 0 atom stereocenters. The highest BCUT2D eigenvalue weighted by Gasteiger charge is 2.38. The fourth-order valence-corrected chi connectivity index (χ4v) is 5.34. The van der Waals surface area contributed by atoms with E-state index in [1.165, 1.54) is 34.9 Å². The van der Waals surface area contributed by atoms with Crippen LogP contribution in [0.4, 0.5) is 13.2 Å². The third-order valence-electron chi connectivity index (χ3n) is 7.50. The molecule has 8 nitrogen and oxygen atoms in total.